The summed E-state index contributed by atoms with van der Waals surface area (Å²) in [4.78, 5) is 4.43. The summed E-state index contributed by atoms with van der Waals surface area (Å²) >= 11 is 0. The van der Waals surface area contributed by atoms with Crippen LogP contribution in [0.1, 0.15) is 34.1 Å². The first-order valence-electron chi connectivity index (χ1n) is 5.33. The lowest BCUT2D eigenvalue weighted by Gasteiger charge is -2.02. The molecule has 0 radical (unpaired) electrons. The lowest BCUT2D eigenvalue weighted by atomic mass is 10.0. The molecule has 14 heavy (non-hydrogen) atoms. The van der Waals surface area contributed by atoms with Gasteiger partial charge in [-0.2, -0.15) is 0 Å². The predicted octanol–water partition coefficient (Wildman–Crippen LogP) is 4.14. The molecule has 0 N–H and O–H groups in total. The molecule has 1 heteroatoms. The molecule has 0 aromatic heterocycles. The molecule has 1 aliphatic heterocycles. The van der Waals surface area contributed by atoms with Crippen LogP contribution in [0.2, 0.25) is 0 Å². The van der Waals surface area contributed by atoms with Gasteiger partial charge in [0.05, 0.1) is 0 Å². The molecule has 78 valence electrons. The number of rotatable bonds is 3. The quantitative estimate of drug-likeness (QED) is 0.594. The van der Waals surface area contributed by atoms with Crippen LogP contribution in [0.3, 0.4) is 0 Å². The van der Waals surface area contributed by atoms with Gasteiger partial charge in [-0.15, -0.1) is 0 Å². The second-order valence-corrected chi connectivity index (χ2v) is 2.91. The van der Waals surface area contributed by atoms with Gasteiger partial charge in [0.1, 0.15) is 0 Å². The van der Waals surface area contributed by atoms with Gasteiger partial charge in [0.2, 0.25) is 0 Å². The van der Waals surface area contributed by atoms with E-state index in [9.17, 15) is 0 Å². The zero-order valence-corrected chi connectivity index (χ0v) is 9.75. The van der Waals surface area contributed by atoms with Crippen molar-refractivity contribution in [3.05, 3.63) is 36.6 Å². The predicted molar refractivity (Wildman–Crippen MR) is 65.7 cm³/mol. The Hall–Kier alpha value is -1.11. The Morgan fingerprint density at radius 3 is 2.64 bits per heavy atom. The van der Waals surface area contributed by atoms with E-state index < -0.39 is 0 Å². The molecule has 1 aliphatic rings. The summed E-state index contributed by atoms with van der Waals surface area (Å²) in [5.74, 6) is 0.410. The Labute approximate surface area is 87.9 Å². The van der Waals surface area contributed by atoms with Crippen molar-refractivity contribution in [1.29, 1.82) is 0 Å². The normalized spacial score (nSPS) is 19.9. The Morgan fingerprint density at radius 2 is 2.14 bits per heavy atom. The van der Waals surface area contributed by atoms with Crippen molar-refractivity contribution in [2.45, 2.75) is 34.1 Å². The van der Waals surface area contributed by atoms with Gasteiger partial charge >= 0.3 is 0 Å². The van der Waals surface area contributed by atoms with Crippen molar-refractivity contribution in [3.63, 3.8) is 0 Å². The van der Waals surface area contributed by atoms with Crippen LogP contribution >= 0.6 is 0 Å². The van der Waals surface area contributed by atoms with E-state index in [4.69, 9.17) is 0 Å². The Morgan fingerprint density at radius 1 is 1.50 bits per heavy atom. The van der Waals surface area contributed by atoms with Gasteiger partial charge in [-0.25, -0.2) is 0 Å². The Balaban J connectivity index is 0.000000791. The van der Waals surface area contributed by atoms with Crippen LogP contribution in [-0.2, 0) is 0 Å². The van der Waals surface area contributed by atoms with Crippen molar-refractivity contribution < 1.29 is 0 Å². The maximum atomic E-state index is 4.43. The molecule has 0 saturated heterocycles. The largest absolute Gasteiger partial charge is 0.262 e. The second kappa shape index (κ2) is 7.31. The molecular weight excluding hydrogens is 170 g/mol. The molecule has 0 aromatic carbocycles. The van der Waals surface area contributed by atoms with E-state index in [0.29, 0.717) is 5.92 Å². The maximum absolute atomic E-state index is 4.43. The molecule has 0 bridgehead atoms. The van der Waals surface area contributed by atoms with E-state index in [-0.39, 0.29) is 0 Å². The van der Waals surface area contributed by atoms with Crippen LogP contribution in [-0.4, -0.2) is 5.71 Å². The van der Waals surface area contributed by atoms with E-state index in [1.165, 1.54) is 5.71 Å². The molecule has 1 heterocycles. The number of nitrogens with zero attached hydrogens (tertiary/aromatic N) is 1. The second-order valence-electron chi connectivity index (χ2n) is 2.91. The van der Waals surface area contributed by atoms with E-state index in [2.05, 4.69) is 30.6 Å². The van der Waals surface area contributed by atoms with Gasteiger partial charge in [0.25, 0.3) is 0 Å². The average molecular weight is 191 g/mol. The molecule has 0 spiro atoms. The lowest BCUT2D eigenvalue weighted by Crippen LogP contribution is -2.03. The van der Waals surface area contributed by atoms with Gasteiger partial charge in [-0.05, 0) is 13.3 Å². The topological polar surface area (TPSA) is 12.4 Å². The van der Waals surface area contributed by atoms with Crippen LogP contribution in [0.5, 0.6) is 0 Å². The van der Waals surface area contributed by atoms with Gasteiger partial charge in [-0.3, -0.25) is 4.99 Å². The monoisotopic (exact) mass is 191 g/mol. The fraction of sp³-hybridized carbons (Fsp3) is 0.462. The number of aliphatic imine (C=N–C) groups is 1. The van der Waals surface area contributed by atoms with Crippen LogP contribution in [0.4, 0.5) is 0 Å². The van der Waals surface area contributed by atoms with Gasteiger partial charge < -0.3 is 0 Å². The first-order valence-corrected chi connectivity index (χ1v) is 5.33. The van der Waals surface area contributed by atoms with Crippen LogP contribution in [0.25, 0.3) is 0 Å². The highest BCUT2D eigenvalue weighted by molar-refractivity contribution is 5.92. The molecule has 0 aliphatic carbocycles. The minimum atomic E-state index is 0.410. The molecule has 0 saturated carbocycles. The summed E-state index contributed by atoms with van der Waals surface area (Å²) in [7, 11) is 0. The third kappa shape index (κ3) is 3.73. The molecule has 1 rings (SSSR count). The summed E-state index contributed by atoms with van der Waals surface area (Å²) < 4.78 is 0. The minimum absolute atomic E-state index is 0.410. The van der Waals surface area contributed by atoms with Gasteiger partial charge in [-0.1, -0.05) is 51.7 Å². The molecule has 0 fully saturated rings. The molecule has 1 unspecified atom stereocenters. The van der Waals surface area contributed by atoms with Crippen molar-refractivity contribution >= 4 is 5.71 Å². The summed E-state index contributed by atoms with van der Waals surface area (Å²) in [5, 5.41) is 0. The standard InChI is InChI=1S/C11H15N.C2H6/c1-4-6-7-10-8-9(3)12-11(10)5-2;1-2/h4,6-8,10H,1,5H2,2-3H3;1-2H3/b7-6-;. The summed E-state index contributed by atoms with van der Waals surface area (Å²) in [6.07, 6.45) is 9.12. The highest BCUT2D eigenvalue weighted by atomic mass is 14.8. The molecule has 1 nitrogen and oxygen atoms in total. The van der Waals surface area contributed by atoms with Crippen molar-refractivity contribution in [2.75, 3.05) is 0 Å². The summed E-state index contributed by atoms with van der Waals surface area (Å²) in [5.41, 5.74) is 2.39. The Bertz CT molecular complexity index is 256. The third-order valence-electron chi connectivity index (χ3n) is 1.94. The highest BCUT2D eigenvalue weighted by Crippen LogP contribution is 2.19. The van der Waals surface area contributed by atoms with Crippen molar-refractivity contribution in [2.24, 2.45) is 10.9 Å². The van der Waals surface area contributed by atoms with Gasteiger partial charge in [0, 0.05) is 17.3 Å². The van der Waals surface area contributed by atoms with E-state index in [1.54, 1.807) is 6.08 Å². The zero-order valence-electron chi connectivity index (χ0n) is 9.75. The Kier molecular flexibility index (Phi) is 6.73. The zero-order chi connectivity index (χ0) is 11.0. The molecule has 1 atom stereocenters. The van der Waals surface area contributed by atoms with Crippen LogP contribution < -0.4 is 0 Å². The summed E-state index contributed by atoms with van der Waals surface area (Å²) in [6.45, 7) is 11.8. The minimum Gasteiger partial charge on any atom is -0.262 e. The molecule has 0 aromatic rings. The first kappa shape index (κ1) is 12.9. The number of hydrogen-bond donors (Lipinski definition) is 0. The average Bonchev–Trinajstić information content (AvgIpc) is 2.59. The van der Waals surface area contributed by atoms with E-state index in [1.807, 2.05) is 26.8 Å². The lowest BCUT2D eigenvalue weighted by molar-refractivity contribution is 1.09. The third-order valence-corrected chi connectivity index (χ3v) is 1.94. The maximum Gasteiger partial charge on any atom is 0.0356 e. The number of allylic oxidation sites excluding steroid dienone is 5. The highest BCUT2D eigenvalue weighted by Gasteiger charge is 2.13. The summed E-state index contributed by atoms with van der Waals surface area (Å²) in [6, 6.07) is 0. The molecular formula is C13H21N. The van der Waals surface area contributed by atoms with Crippen molar-refractivity contribution in [1.82, 2.24) is 0 Å². The van der Waals surface area contributed by atoms with E-state index >= 15 is 0 Å². The SMILES string of the molecule is C=C/C=C\C1C=C(C)N=C1CC.CC. The first-order chi connectivity index (χ1) is 6.77. The fourth-order valence-corrected chi connectivity index (χ4v) is 1.37. The van der Waals surface area contributed by atoms with E-state index in [0.717, 1.165) is 12.1 Å². The smallest absolute Gasteiger partial charge is 0.0356 e. The van der Waals surface area contributed by atoms with Crippen molar-refractivity contribution in [3.8, 4) is 0 Å². The van der Waals surface area contributed by atoms with Crippen LogP contribution in [0.15, 0.2) is 41.6 Å². The number of hydrogen-bond acceptors (Lipinski definition) is 1. The van der Waals surface area contributed by atoms with Gasteiger partial charge in [0.15, 0.2) is 0 Å². The molecule has 0 amide bonds. The fourth-order valence-electron chi connectivity index (χ4n) is 1.37. The van der Waals surface area contributed by atoms with Crippen LogP contribution in [0, 0.1) is 5.92 Å².